The molecule has 0 radical (unpaired) electrons. The van der Waals surface area contributed by atoms with Crippen LogP contribution in [-0.4, -0.2) is 31.6 Å². The van der Waals surface area contributed by atoms with E-state index in [0.717, 1.165) is 25.4 Å². The lowest BCUT2D eigenvalue weighted by molar-refractivity contribution is 0.438. The van der Waals surface area contributed by atoms with Gasteiger partial charge in [0.1, 0.15) is 0 Å². The zero-order chi connectivity index (χ0) is 9.47. The van der Waals surface area contributed by atoms with Gasteiger partial charge < -0.3 is 0 Å². The fraction of sp³-hybridized carbons (Fsp3) is 1.00. The third-order valence-electron chi connectivity index (χ3n) is 3.23. The summed E-state index contributed by atoms with van der Waals surface area (Å²) >= 11 is 0. The van der Waals surface area contributed by atoms with E-state index in [4.69, 9.17) is 0 Å². The minimum atomic E-state index is -2.90. The SMILES string of the molecule is CCS(=O)(=O)N1CCC(C2CC2)C1. The molecule has 0 bridgehead atoms. The predicted octanol–water partition coefficient (Wildman–Crippen LogP) is 1.07. The minimum Gasteiger partial charge on any atom is -0.212 e. The van der Waals surface area contributed by atoms with E-state index in [-0.39, 0.29) is 5.75 Å². The molecule has 1 aliphatic heterocycles. The van der Waals surface area contributed by atoms with Gasteiger partial charge in [0.05, 0.1) is 5.75 Å². The summed E-state index contributed by atoms with van der Waals surface area (Å²) in [5, 5.41) is 0. The molecule has 0 spiro atoms. The van der Waals surface area contributed by atoms with Crippen molar-refractivity contribution >= 4 is 10.0 Å². The summed E-state index contributed by atoms with van der Waals surface area (Å²) in [6.45, 7) is 3.28. The number of hydrogen-bond donors (Lipinski definition) is 0. The second-order valence-corrected chi connectivity index (χ2v) is 6.40. The Morgan fingerprint density at radius 2 is 1.92 bits per heavy atom. The summed E-state index contributed by atoms with van der Waals surface area (Å²) in [6.07, 6.45) is 3.74. The predicted molar refractivity (Wildman–Crippen MR) is 51.9 cm³/mol. The van der Waals surface area contributed by atoms with E-state index in [1.807, 2.05) is 0 Å². The highest BCUT2D eigenvalue weighted by atomic mass is 32.2. The molecule has 1 aliphatic carbocycles. The Balaban J connectivity index is 1.97. The van der Waals surface area contributed by atoms with Crippen LogP contribution in [0.2, 0.25) is 0 Å². The largest absolute Gasteiger partial charge is 0.213 e. The van der Waals surface area contributed by atoms with Gasteiger partial charge in [-0.3, -0.25) is 0 Å². The van der Waals surface area contributed by atoms with Crippen LogP contribution in [0.25, 0.3) is 0 Å². The van der Waals surface area contributed by atoms with E-state index in [9.17, 15) is 8.42 Å². The van der Waals surface area contributed by atoms with Gasteiger partial charge in [0, 0.05) is 13.1 Å². The van der Waals surface area contributed by atoms with Crippen molar-refractivity contribution in [3.63, 3.8) is 0 Å². The average Bonchev–Trinajstić information content (AvgIpc) is 2.83. The molecule has 1 heterocycles. The average molecular weight is 203 g/mol. The smallest absolute Gasteiger partial charge is 0.212 e. The van der Waals surface area contributed by atoms with E-state index >= 15 is 0 Å². The van der Waals surface area contributed by atoms with Gasteiger partial charge in [-0.15, -0.1) is 0 Å². The van der Waals surface area contributed by atoms with Gasteiger partial charge in [0.2, 0.25) is 10.0 Å². The summed E-state index contributed by atoms with van der Waals surface area (Å²) < 4.78 is 24.7. The van der Waals surface area contributed by atoms with Crippen molar-refractivity contribution < 1.29 is 8.42 Å². The highest BCUT2D eigenvalue weighted by molar-refractivity contribution is 7.89. The van der Waals surface area contributed by atoms with Crippen LogP contribution in [0.15, 0.2) is 0 Å². The highest BCUT2D eigenvalue weighted by Crippen LogP contribution is 2.41. The van der Waals surface area contributed by atoms with Crippen LogP contribution < -0.4 is 0 Å². The van der Waals surface area contributed by atoms with Crippen molar-refractivity contribution in [1.82, 2.24) is 4.31 Å². The van der Waals surface area contributed by atoms with E-state index in [1.54, 1.807) is 11.2 Å². The monoisotopic (exact) mass is 203 g/mol. The number of nitrogens with zero attached hydrogens (tertiary/aromatic N) is 1. The topological polar surface area (TPSA) is 37.4 Å². The molecule has 1 saturated carbocycles. The Kier molecular flexibility index (Phi) is 2.36. The molecule has 0 aromatic carbocycles. The highest BCUT2D eigenvalue weighted by Gasteiger charge is 2.38. The van der Waals surface area contributed by atoms with Crippen molar-refractivity contribution in [2.75, 3.05) is 18.8 Å². The van der Waals surface area contributed by atoms with Crippen molar-refractivity contribution in [1.29, 1.82) is 0 Å². The van der Waals surface area contributed by atoms with Crippen LogP contribution in [0.3, 0.4) is 0 Å². The Morgan fingerprint density at radius 3 is 2.46 bits per heavy atom. The Hall–Kier alpha value is -0.0900. The molecule has 2 fully saturated rings. The maximum Gasteiger partial charge on any atom is 0.213 e. The molecule has 3 nitrogen and oxygen atoms in total. The van der Waals surface area contributed by atoms with Crippen LogP contribution in [0.4, 0.5) is 0 Å². The first-order valence-corrected chi connectivity index (χ1v) is 6.72. The van der Waals surface area contributed by atoms with Gasteiger partial charge in [0.25, 0.3) is 0 Å². The maximum absolute atomic E-state index is 11.5. The maximum atomic E-state index is 11.5. The van der Waals surface area contributed by atoms with Gasteiger partial charge in [-0.2, -0.15) is 0 Å². The quantitative estimate of drug-likeness (QED) is 0.688. The van der Waals surface area contributed by atoms with Crippen LogP contribution in [0.1, 0.15) is 26.2 Å². The van der Waals surface area contributed by atoms with Gasteiger partial charge in [-0.1, -0.05) is 0 Å². The number of hydrogen-bond acceptors (Lipinski definition) is 2. The molecular weight excluding hydrogens is 186 g/mol. The molecule has 76 valence electrons. The molecule has 1 atom stereocenters. The van der Waals surface area contributed by atoms with Crippen LogP contribution in [0.5, 0.6) is 0 Å². The van der Waals surface area contributed by atoms with Crippen molar-refractivity contribution in [3.05, 3.63) is 0 Å². The standard InChI is InChI=1S/C9H17NO2S/c1-2-13(11,12)10-6-5-9(7-10)8-3-4-8/h8-9H,2-7H2,1H3. The van der Waals surface area contributed by atoms with Gasteiger partial charge in [-0.25, -0.2) is 12.7 Å². The Labute approximate surface area is 80.2 Å². The van der Waals surface area contributed by atoms with Crippen LogP contribution in [-0.2, 0) is 10.0 Å². The second kappa shape index (κ2) is 3.24. The molecule has 1 saturated heterocycles. The van der Waals surface area contributed by atoms with E-state index in [1.165, 1.54) is 12.8 Å². The zero-order valence-electron chi connectivity index (χ0n) is 8.07. The first-order valence-electron chi connectivity index (χ1n) is 5.11. The molecule has 0 aromatic rings. The molecule has 0 N–H and O–H groups in total. The summed E-state index contributed by atoms with van der Waals surface area (Å²) in [7, 11) is -2.90. The van der Waals surface area contributed by atoms with Gasteiger partial charge in [-0.05, 0) is 38.0 Å². The Bertz CT molecular complexity index is 282. The number of sulfonamides is 1. The number of rotatable bonds is 3. The Morgan fingerprint density at radius 1 is 1.23 bits per heavy atom. The van der Waals surface area contributed by atoms with Crippen molar-refractivity contribution in [2.24, 2.45) is 11.8 Å². The van der Waals surface area contributed by atoms with Gasteiger partial charge >= 0.3 is 0 Å². The first kappa shape index (κ1) is 9.46. The van der Waals surface area contributed by atoms with Crippen LogP contribution in [0, 0.1) is 11.8 Å². The minimum absolute atomic E-state index is 0.254. The molecule has 13 heavy (non-hydrogen) atoms. The van der Waals surface area contributed by atoms with E-state index < -0.39 is 10.0 Å². The molecule has 2 rings (SSSR count). The third-order valence-corrected chi connectivity index (χ3v) is 5.08. The summed E-state index contributed by atoms with van der Waals surface area (Å²) in [4.78, 5) is 0. The molecule has 1 unspecified atom stereocenters. The normalized spacial score (nSPS) is 31.0. The summed E-state index contributed by atoms with van der Waals surface area (Å²) in [6, 6.07) is 0. The third kappa shape index (κ3) is 1.89. The lowest BCUT2D eigenvalue weighted by atomic mass is 10.0. The fourth-order valence-corrected chi connectivity index (χ4v) is 3.31. The van der Waals surface area contributed by atoms with Gasteiger partial charge in [0.15, 0.2) is 0 Å². The zero-order valence-corrected chi connectivity index (χ0v) is 8.89. The second-order valence-electron chi connectivity index (χ2n) is 4.14. The molecule has 4 heteroatoms. The lowest BCUT2D eigenvalue weighted by Crippen LogP contribution is -2.30. The van der Waals surface area contributed by atoms with E-state index in [2.05, 4.69) is 0 Å². The fourth-order valence-electron chi connectivity index (χ4n) is 2.14. The van der Waals surface area contributed by atoms with E-state index in [0.29, 0.717) is 5.92 Å². The molecular formula is C9H17NO2S. The summed E-state index contributed by atoms with van der Waals surface area (Å²) in [5.74, 6) is 1.77. The summed E-state index contributed by atoms with van der Waals surface area (Å²) in [5.41, 5.74) is 0. The lowest BCUT2D eigenvalue weighted by Gasteiger charge is -2.14. The van der Waals surface area contributed by atoms with Crippen molar-refractivity contribution in [2.45, 2.75) is 26.2 Å². The van der Waals surface area contributed by atoms with Crippen molar-refractivity contribution in [3.8, 4) is 0 Å². The molecule has 2 aliphatic rings. The first-order chi connectivity index (χ1) is 6.13. The van der Waals surface area contributed by atoms with Crippen LogP contribution >= 0.6 is 0 Å². The molecule has 0 amide bonds. The molecule has 0 aromatic heterocycles.